The monoisotopic (exact) mass is 361 g/mol. The number of nitriles is 1. The first-order valence-corrected chi connectivity index (χ1v) is 7.97. The number of hydrogen-bond acceptors (Lipinski definition) is 4. The quantitative estimate of drug-likeness (QED) is 0.764. The average molecular weight is 363 g/mol. The van der Waals surface area contributed by atoms with Crippen LogP contribution in [0.15, 0.2) is 41.3 Å². The van der Waals surface area contributed by atoms with E-state index in [-0.39, 0.29) is 25.7 Å². The first-order valence-electron chi connectivity index (χ1n) is 5.42. The van der Waals surface area contributed by atoms with Gasteiger partial charge in [-0.05, 0) is 36.4 Å². The maximum atomic E-state index is 12.1. The number of nitrogens with zero attached hydrogens (tertiary/aromatic N) is 1. The van der Waals surface area contributed by atoms with E-state index in [2.05, 4.69) is 0 Å². The Labute approximate surface area is 136 Å². The van der Waals surface area contributed by atoms with Crippen molar-refractivity contribution in [2.24, 2.45) is 0 Å². The van der Waals surface area contributed by atoms with Crippen LogP contribution in [-0.2, 0) is 10.1 Å². The third-order valence-electron chi connectivity index (χ3n) is 2.44. The van der Waals surface area contributed by atoms with Crippen molar-refractivity contribution in [1.29, 1.82) is 5.26 Å². The van der Waals surface area contributed by atoms with Crippen molar-refractivity contribution >= 4 is 44.9 Å². The fourth-order valence-electron chi connectivity index (χ4n) is 1.44. The van der Waals surface area contributed by atoms with E-state index >= 15 is 0 Å². The molecule has 0 N–H and O–H groups in total. The zero-order valence-electron chi connectivity index (χ0n) is 10.2. The first kappa shape index (κ1) is 15.9. The number of halogens is 3. The van der Waals surface area contributed by atoms with Gasteiger partial charge in [0.25, 0.3) is 0 Å². The Kier molecular flexibility index (Phi) is 4.64. The summed E-state index contributed by atoms with van der Waals surface area (Å²) in [5.74, 6) is -0.0817. The summed E-state index contributed by atoms with van der Waals surface area (Å²) in [7, 11) is -4.11. The molecule has 0 heterocycles. The third-order valence-corrected chi connectivity index (χ3v) is 4.70. The molecule has 0 radical (unpaired) electrons. The summed E-state index contributed by atoms with van der Waals surface area (Å²) in [6.45, 7) is 0. The van der Waals surface area contributed by atoms with Crippen LogP contribution in [0.3, 0.4) is 0 Å². The van der Waals surface area contributed by atoms with Gasteiger partial charge in [-0.3, -0.25) is 0 Å². The van der Waals surface area contributed by atoms with Gasteiger partial charge in [0.05, 0.1) is 26.7 Å². The fraction of sp³-hybridized carbons (Fsp3) is 0. The summed E-state index contributed by atoms with van der Waals surface area (Å²) >= 11 is 17.4. The minimum absolute atomic E-state index is 0.0117. The topological polar surface area (TPSA) is 67.2 Å². The van der Waals surface area contributed by atoms with E-state index in [1.54, 1.807) is 0 Å². The van der Waals surface area contributed by atoms with Crippen molar-refractivity contribution in [1.82, 2.24) is 0 Å². The molecule has 0 saturated carbocycles. The van der Waals surface area contributed by atoms with Gasteiger partial charge in [-0.15, -0.1) is 0 Å². The molecule has 0 spiro atoms. The molecule has 4 nitrogen and oxygen atoms in total. The second-order valence-corrected chi connectivity index (χ2v) is 6.64. The standard InChI is InChI=1S/C13H6Cl3NO3S/c14-10-3-2-9(6-11(10)15)21(18,19)20-13-4-1-8(7-17)5-12(13)16/h1-6H. The SMILES string of the molecule is N#Cc1ccc(OS(=O)(=O)c2ccc(Cl)c(Cl)c2)c(Cl)c1. The summed E-state index contributed by atoms with van der Waals surface area (Å²) in [6.07, 6.45) is 0. The highest BCUT2D eigenvalue weighted by atomic mass is 35.5. The van der Waals surface area contributed by atoms with E-state index in [9.17, 15) is 8.42 Å². The summed E-state index contributed by atoms with van der Waals surface area (Å²) in [6, 6.07) is 9.67. The van der Waals surface area contributed by atoms with Crippen molar-refractivity contribution in [3.63, 3.8) is 0 Å². The molecular weight excluding hydrogens is 357 g/mol. The van der Waals surface area contributed by atoms with Gasteiger partial charge in [-0.1, -0.05) is 34.8 Å². The molecule has 0 aliphatic rings. The first-order chi connectivity index (χ1) is 9.83. The lowest BCUT2D eigenvalue weighted by Gasteiger charge is -2.09. The lowest BCUT2D eigenvalue weighted by molar-refractivity contribution is 0.486. The molecule has 0 saturated heterocycles. The van der Waals surface area contributed by atoms with Crippen molar-refractivity contribution in [2.45, 2.75) is 4.90 Å². The molecule has 0 amide bonds. The van der Waals surface area contributed by atoms with Crippen molar-refractivity contribution in [3.05, 3.63) is 57.0 Å². The maximum absolute atomic E-state index is 12.1. The molecule has 0 fully saturated rings. The molecule has 108 valence electrons. The van der Waals surface area contributed by atoms with E-state index < -0.39 is 10.1 Å². The predicted molar refractivity (Wildman–Crippen MR) is 80.4 cm³/mol. The molecule has 2 aromatic carbocycles. The summed E-state index contributed by atoms with van der Waals surface area (Å²) in [4.78, 5) is -0.155. The summed E-state index contributed by atoms with van der Waals surface area (Å²) in [5, 5.41) is 9.06. The smallest absolute Gasteiger partial charge is 0.339 e. The fourth-order valence-corrected chi connectivity index (χ4v) is 3.04. The van der Waals surface area contributed by atoms with Gasteiger partial charge in [0.2, 0.25) is 0 Å². The average Bonchev–Trinajstić information content (AvgIpc) is 2.43. The molecule has 2 aromatic rings. The van der Waals surface area contributed by atoms with Crippen LogP contribution in [0, 0.1) is 11.3 Å². The van der Waals surface area contributed by atoms with Crippen LogP contribution < -0.4 is 4.18 Å². The largest absolute Gasteiger partial charge is 0.377 e. The molecule has 8 heteroatoms. The van der Waals surface area contributed by atoms with Gasteiger partial charge in [0, 0.05) is 0 Å². The highest BCUT2D eigenvalue weighted by molar-refractivity contribution is 7.87. The molecule has 21 heavy (non-hydrogen) atoms. The van der Waals surface area contributed by atoms with Gasteiger partial charge in [0.1, 0.15) is 4.90 Å². The van der Waals surface area contributed by atoms with Crippen LogP contribution in [0.4, 0.5) is 0 Å². The Bertz CT molecular complexity index is 844. The van der Waals surface area contributed by atoms with Crippen LogP contribution in [0.5, 0.6) is 5.75 Å². The van der Waals surface area contributed by atoms with Crippen molar-refractivity contribution in [3.8, 4) is 11.8 Å². The third kappa shape index (κ3) is 3.60. The Morgan fingerprint density at radius 3 is 2.24 bits per heavy atom. The predicted octanol–water partition coefficient (Wildman–Crippen LogP) is 4.29. The van der Waals surface area contributed by atoms with Crippen LogP contribution >= 0.6 is 34.8 Å². The highest BCUT2D eigenvalue weighted by Crippen LogP contribution is 2.30. The van der Waals surface area contributed by atoms with Gasteiger partial charge in [-0.25, -0.2) is 0 Å². The van der Waals surface area contributed by atoms with Crippen LogP contribution in [0.1, 0.15) is 5.56 Å². The highest BCUT2D eigenvalue weighted by Gasteiger charge is 2.19. The number of rotatable bonds is 3. The van der Waals surface area contributed by atoms with Gasteiger partial charge in [0.15, 0.2) is 5.75 Å². The molecule has 0 aromatic heterocycles. The molecule has 0 aliphatic heterocycles. The van der Waals surface area contributed by atoms with E-state index in [0.29, 0.717) is 5.56 Å². The van der Waals surface area contributed by atoms with E-state index in [1.165, 1.54) is 36.4 Å². The van der Waals surface area contributed by atoms with Crippen molar-refractivity contribution < 1.29 is 12.6 Å². The summed E-state index contributed by atoms with van der Waals surface area (Å²) in [5.41, 5.74) is 0.291. The van der Waals surface area contributed by atoms with E-state index in [0.717, 1.165) is 0 Å². The zero-order valence-corrected chi connectivity index (χ0v) is 13.3. The maximum Gasteiger partial charge on any atom is 0.339 e. The van der Waals surface area contributed by atoms with E-state index in [4.69, 9.17) is 44.2 Å². The summed E-state index contributed by atoms with van der Waals surface area (Å²) < 4.78 is 29.2. The minimum Gasteiger partial charge on any atom is -0.377 e. The molecule has 0 bridgehead atoms. The zero-order chi connectivity index (χ0) is 15.6. The minimum atomic E-state index is -4.11. The van der Waals surface area contributed by atoms with Gasteiger partial charge in [-0.2, -0.15) is 13.7 Å². The molecule has 2 rings (SSSR count). The van der Waals surface area contributed by atoms with Gasteiger partial charge < -0.3 is 4.18 Å². The molecule has 0 unspecified atom stereocenters. The van der Waals surface area contributed by atoms with Crippen LogP contribution in [0.25, 0.3) is 0 Å². The number of hydrogen-bond donors (Lipinski definition) is 0. The number of benzene rings is 2. The second-order valence-electron chi connectivity index (χ2n) is 3.87. The normalized spacial score (nSPS) is 11.0. The Hall–Kier alpha value is -1.45. The van der Waals surface area contributed by atoms with Gasteiger partial charge >= 0.3 is 10.1 Å². The van der Waals surface area contributed by atoms with E-state index in [1.807, 2.05) is 6.07 Å². The van der Waals surface area contributed by atoms with Crippen molar-refractivity contribution in [2.75, 3.05) is 0 Å². The Balaban J connectivity index is 2.37. The van der Waals surface area contributed by atoms with Crippen LogP contribution in [0.2, 0.25) is 15.1 Å². The molecular formula is C13H6Cl3NO3S. The Morgan fingerprint density at radius 2 is 1.67 bits per heavy atom. The lowest BCUT2D eigenvalue weighted by Crippen LogP contribution is -2.10. The molecule has 0 aliphatic carbocycles. The van der Waals surface area contributed by atoms with Crippen LogP contribution in [-0.4, -0.2) is 8.42 Å². The lowest BCUT2D eigenvalue weighted by atomic mass is 10.2. The second kappa shape index (κ2) is 6.12. The molecule has 0 atom stereocenters. The Morgan fingerprint density at radius 1 is 0.952 bits per heavy atom.